The summed E-state index contributed by atoms with van der Waals surface area (Å²) >= 11 is 1.19. The number of thiazole rings is 1. The Labute approximate surface area is 186 Å². The number of primary amides is 1. The number of urea groups is 1. The van der Waals surface area contributed by atoms with Crippen molar-refractivity contribution in [2.45, 2.75) is 4.90 Å². The van der Waals surface area contributed by atoms with Crippen LogP contribution in [0.2, 0.25) is 0 Å². The zero-order valence-electron chi connectivity index (χ0n) is 16.1. The van der Waals surface area contributed by atoms with Crippen LogP contribution in [-0.2, 0) is 10.0 Å². The third-order valence-electron chi connectivity index (χ3n) is 3.99. The van der Waals surface area contributed by atoms with Crippen molar-refractivity contribution in [1.82, 2.24) is 9.71 Å². The third-order valence-corrected chi connectivity index (χ3v) is 6.23. The zero-order valence-corrected chi connectivity index (χ0v) is 17.7. The number of nitro benzene ring substituents is 1. The molecule has 0 atom stereocenters. The molecule has 0 aliphatic carbocycles. The minimum absolute atomic E-state index is 0.0637. The SMILES string of the molecule is N#CC(=CNc1ccc(S(=O)(=O)NC(N)=O)cc1)c1nc(-c2cccc([N+](=O)[O-])c2)cs1. The van der Waals surface area contributed by atoms with Gasteiger partial charge in [-0.2, -0.15) is 5.26 Å². The van der Waals surface area contributed by atoms with Crippen LogP contribution in [0.15, 0.2) is 65.0 Å². The molecule has 13 heteroatoms. The fourth-order valence-corrected chi connectivity index (χ4v) is 4.20. The van der Waals surface area contributed by atoms with Gasteiger partial charge in [-0.05, 0) is 24.3 Å². The van der Waals surface area contributed by atoms with Gasteiger partial charge < -0.3 is 11.1 Å². The number of anilines is 1. The number of sulfonamides is 1. The number of nitrogens with one attached hydrogen (secondary N) is 2. The number of nitrogens with two attached hydrogens (primary N) is 1. The largest absolute Gasteiger partial charge is 0.360 e. The summed E-state index contributed by atoms with van der Waals surface area (Å²) < 4.78 is 25.4. The highest BCUT2D eigenvalue weighted by molar-refractivity contribution is 7.90. The smallest absolute Gasteiger partial charge is 0.326 e. The lowest BCUT2D eigenvalue weighted by atomic mass is 10.1. The molecule has 11 nitrogen and oxygen atoms in total. The molecule has 0 spiro atoms. The Morgan fingerprint density at radius 1 is 1.25 bits per heavy atom. The van der Waals surface area contributed by atoms with Crippen LogP contribution < -0.4 is 15.8 Å². The Bertz CT molecular complexity index is 1360. The maximum atomic E-state index is 11.9. The van der Waals surface area contributed by atoms with Crippen molar-refractivity contribution < 1.29 is 18.1 Å². The van der Waals surface area contributed by atoms with Crippen LogP contribution in [0.3, 0.4) is 0 Å². The van der Waals surface area contributed by atoms with Crippen LogP contribution in [0.5, 0.6) is 0 Å². The second-order valence-corrected chi connectivity index (χ2v) is 8.69. The van der Waals surface area contributed by atoms with Gasteiger partial charge in [-0.3, -0.25) is 10.1 Å². The summed E-state index contributed by atoms with van der Waals surface area (Å²) in [5.74, 6) is 0. The van der Waals surface area contributed by atoms with Gasteiger partial charge >= 0.3 is 6.03 Å². The van der Waals surface area contributed by atoms with E-state index in [0.717, 1.165) is 0 Å². The van der Waals surface area contributed by atoms with Gasteiger partial charge in [-0.25, -0.2) is 22.9 Å². The minimum atomic E-state index is -4.06. The second kappa shape index (κ2) is 9.25. The van der Waals surface area contributed by atoms with Crippen LogP contribution in [-0.4, -0.2) is 24.4 Å². The third kappa shape index (κ3) is 5.25. The number of aromatic nitrogens is 1. The van der Waals surface area contributed by atoms with E-state index in [2.05, 4.69) is 10.3 Å². The van der Waals surface area contributed by atoms with Crippen LogP contribution in [0.25, 0.3) is 16.8 Å². The first kappa shape index (κ1) is 22.4. The molecule has 0 saturated heterocycles. The number of hydrogen-bond donors (Lipinski definition) is 3. The van der Waals surface area contributed by atoms with Gasteiger partial charge in [0.1, 0.15) is 16.6 Å². The van der Waals surface area contributed by atoms with Crippen molar-refractivity contribution in [3.8, 4) is 17.3 Å². The normalized spacial score (nSPS) is 11.4. The average Bonchev–Trinajstić information content (AvgIpc) is 3.24. The summed E-state index contributed by atoms with van der Waals surface area (Å²) in [6, 6.07) is 12.2. The molecule has 1 heterocycles. The molecule has 0 bridgehead atoms. The molecule has 0 aliphatic rings. The molecule has 4 N–H and O–H groups in total. The molecule has 1 aromatic heterocycles. The number of hydrogen-bond acceptors (Lipinski definition) is 9. The summed E-state index contributed by atoms with van der Waals surface area (Å²) in [6.45, 7) is 0. The Hall–Kier alpha value is -4.28. The lowest BCUT2D eigenvalue weighted by Gasteiger charge is -2.06. The summed E-state index contributed by atoms with van der Waals surface area (Å²) in [7, 11) is -4.06. The van der Waals surface area contributed by atoms with Crippen molar-refractivity contribution in [1.29, 1.82) is 5.26 Å². The molecule has 0 aliphatic heterocycles. The van der Waals surface area contributed by atoms with Crippen molar-refractivity contribution in [2.75, 3.05) is 5.32 Å². The molecule has 2 amide bonds. The average molecular weight is 470 g/mol. The fourth-order valence-electron chi connectivity index (χ4n) is 2.53. The van der Waals surface area contributed by atoms with Gasteiger partial charge in [0, 0.05) is 35.0 Å². The summed E-state index contributed by atoms with van der Waals surface area (Å²) in [5.41, 5.74) is 6.50. The van der Waals surface area contributed by atoms with Crippen molar-refractivity contribution in [3.05, 3.63) is 75.2 Å². The molecule has 3 rings (SSSR count). The first-order chi connectivity index (χ1) is 15.2. The molecule has 162 valence electrons. The Morgan fingerprint density at radius 2 is 1.97 bits per heavy atom. The van der Waals surface area contributed by atoms with Crippen LogP contribution in [0.1, 0.15) is 5.01 Å². The number of non-ortho nitro benzene ring substituents is 1. The highest BCUT2D eigenvalue weighted by atomic mass is 32.2. The van der Waals surface area contributed by atoms with Crippen molar-refractivity contribution in [2.24, 2.45) is 5.73 Å². The van der Waals surface area contributed by atoms with Gasteiger partial charge in [-0.1, -0.05) is 12.1 Å². The number of carbonyl (C=O) groups excluding carboxylic acids is 1. The molecule has 32 heavy (non-hydrogen) atoms. The predicted octanol–water partition coefficient (Wildman–Crippen LogP) is 3.05. The highest BCUT2D eigenvalue weighted by Gasteiger charge is 2.16. The quantitative estimate of drug-likeness (QED) is 0.267. The maximum Gasteiger partial charge on any atom is 0.326 e. The van der Waals surface area contributed by atoms with Gasteiger partial charge in [-0.15, -0.1) is 11.3 Å². The Kier molecular flexibility index (Phi) is 6.47. The van der Waals surface area contributed by atoms with Gasteiger partial charge in [0.25, 0.3) is 15.7 Å². The van der Waals surface area contributed by atoms with E-state index in [1.165, 1.54) is 53.9 Å². The van der Waals surface area contributed by atoms with E-state index in [0.29, 0.717) is 22.0 Å². The second-order valence-electron chi connectivity index (χ2n) is 6.15. The topological polar surface area (TPSA) is 181 Å². The van der Waals surface area contributed by atoms with E-state index >= 15 is 0 Å². The molecule has 0 saturated carbocycles. The molecular weight excluding hydrogens is 456 g/mol. The van der Waals surface area contributed by atoms with Crippen LogP contribution in [0.4, 0.5) is 16.2 Å². The molecule has 3 aromatic rings. The fraction of sp³-hybridized carbons (Fsp3) is 0. The van der Waals surface area contributed by atoms with Gasteiger partial charge in [0.2, 0.25) is 0 Å². The predicted molar refractivity (Wildman–Crippen MR) is 118 cm³/mol. The van der Waals surface area contributed by atoms with Crippen molar-refractivity contribution >= 4 is 44.3 Å². The first-order valence-corrected chi connectivity index (χ1v) is 11.1. The Morgan fingerprint density at radius 3 is 2.59 bits per heavy atom. The van der Waals surface area contributed by atoms with E-state index < -0.39 is 21.0 Å². The highest BCUT2D eigenvalue weighted by Crippen LogP contribution is 2.28. The number of allylic oxidation sites excluding steroid dienone is 1. The number of rotatable bonds is 7. The standard InChI is InChI=1S/C19H14N6O5S2/c20-9-13(10-22-14-4-6-16(7-5-14)32(29,30)24-19(21)26)18-23-17(11-31-18)12-2-1-3-15(8-12)25(27)28/h1-8,10-11,22H,(H3,21,24,26). The first-order valence-electron chi connectivity index (χ1n) is 8.69. The van der Waals surface area contributed by atoms with Gasteiger partial charge in [0.05, 0.1) is 15.5 Å². The van der Waals surface area contributed by atoms with Crippen LogP contribution in [0, 0.1) is 21.4 Å². The number of nitrogens with zero attached hydrogens (tertiary/aromatic N) is 3. The van der Waals surface area contributed by atoms with E-state index in [4.69, 9.17) is 5.73 Å². The lowest BCUT2D eigenvalue weighted by Crippen LogP contribution is -2.34. The monoisotopic (exact) mass is 470 g/mol. The lowest BCUT2D eigenvalue weighted by molar-refractivity contribution is -0.384. The number of carbonyl (C=O) groups is 1. The molecule has 2 aromatic carbocycles. The maximum absolute atomic E-state index is 11.9. The summed E-state index contributed by atoms with van der Waals surface area (Å²) in [5, 5.41) is 25.4. The minimum Gasteiger partial charge on any atom is -0.360 e. The van der Waals surface area contributed by atoms with Gasteiger partial charge in [0.15, 0.2) is 0 Å². The number of nitriles is 1. The number of nitro groups is 1. The zero-order chi connectivity index (χ0) is 23.3. The van der Waals surface area contributed by atoms with Crippen molar-refractivity contribution in [3.63, 3.8) is 0 Å². The molecule has 0 unspecified atom stereocenters. The molecule has 0 radical (unpaired) electrons. The number of benzene rings is 2. The van der Waals surface area contributed by atoms with E-state index in [9.17, 15) is 28.6 Å². The number of amides is 2. The van der Waals surface area contributed by atoms with E-state index in [1.54, 1.807) is 22.2 Å². The van der Waals surface area contributed by atoms with E-state index in [-0.39, 0.29) is 16.2 Å². The molecular formula is C19H14N6O5S2. The van der Waals surface area contributed by atoms with E-state index in [1.807, 2.05) is 6.07 Å². The summed E-state index contributed by atoms with van der Waals surface area (Å²) in [6.07, 6.45) is 1.40. The summed E-state index contributed by atoms with van der Waals surface area (Å²) in [4.78, 5) is 25.5. The van der Waals surface area contributed by atoms with Crippen LogP contribution >= 0.6 is 11.3 Å². The Balaban J connectivity index is 1.78. The molecule has 0 fully saturated rings.